The first-order valence-corrected chi connectivity index (χ1v) is 11.1. The van der Waals surface area contributed by atoms with Gasteiger partial charge in [0, 0.05) is 16.5 Å². The number of ether oxygens (including phenoxy) is 1. The second-order valence-electron chi connectivity index (χ2n) is 9.65. The Hall–Kier alpha value is -2.33. The molecule has 2 aromatic rings. The third-order valence-corrected chi connectivity index (χ3v) is 8.61. The molecule has 2 aromatic carbocycles. The van der Waals surface area contributed by atoms with Crippen LogP contribution in [0.2, 0.25) is 0 Å². The fourth-order valence-corrected chi connectivity index (χ4v) is 7.07. The third-order valence-electron chi connectivity index (χ3n) is 8.61. The summed E-state index contributed by atoms with van der Waals surface area (Å²) in [6, 6.07) is 13.1. The molecule has 2 N–H and O–H groups in total. The molecule has 0 radical (unpaired) electrons. The maximum absolute atomic E-state index is 13.4. The summed E-state index contributed by atoms with van der Waals surface area (Å²) in [4.78, 5) is 13.4. The number of aliphatic hydroxyl groups is 1. The van der Waals surface area contributed by atoms with Crippen LogP contribution in [0.25, 0.3) is 0 Å². The molecular formula is C26H30O4. The summed E-state index contributed by atoms with van der Waals surface area (Å²) < 4.78 is 5.51. The Labute approximate surface area is 177 Å². The van der Waals surface area contributed by atoms with Crippen LogP contribution in [0.3, 0.4) is 0 Å². The van der Waals surface area contributed by atoms with Crippen molar-refractivity contribution in [2.24, 2.45) is 17.3 Å². The minimum absolute atomic E-state index is 0.116. The summed E-state index contributed by atoms with van der Waals surface area (Å²) in [6.07, 6.45) is 5.08. The van der Waals surface area contributed by atoms with E-state index in [-0.39, 0.29) is 11.5 Å². The smallest absolute Gasteiger partial charge is 0.194 e. The van der Waals surface area contributed by atoms with Crippen molar-refractivity contribution in [2.45, 2.75) is 57.0 Å². The van der Waals surface area contributed by atoms with Crippen LogP contribution in [0.15, 0.2) is 42.5 Å². The van der Waals surface area contributed by atoms with Gasteiger partial charge in [0.15, 0.2) is 17.3 Å². The number of hydrogen-bond acceptors (Lipinski definition) is 4. The number of benzene rings is 2. The van der Waals surface area contributed by atoms with Gasteiger partial charge in [-0.3, -0.25) is 4.79 Å². The summed E-state index contributed by atoms with van der Waals surface area (Å²) >= 11 is 0. The van der Waals surface area contributed by atoms with Crippen LogP contribution in [-0.4, -0.2) is 28.7 Å². The average Bonchev–Trinajstić information content (AvgIpc) is 3.05. The van der Waals surface area contributed by atoms with Crippen LogP contribution in [0.5, 0.6) is 11.5 Å². The Morgan fingerprint density at radius 2 is 1.83 bits per heavy atom. The lowest BCUT2D eigenvalue weighted by Crippen LogP contribution is -2.55. The van der Waals surface area contributed by atoms with E-state index in [9.17, 15) is 15.0 Å². The molecule has 0 heterocycles. The molecule has 2 fully saturated rings. The summed E-state index contributed by atoms with van der Waals surface area (Å²) in [6.45, 7) is 2.15. The minimum atomic E-state index is -1.29. The van der Waals surface area contributed by atoms with Gasteiger partial charge < -0.3 is 14.9 Å². The van der Waals surface area contributed by atoms with E-state index in [0.717, 1.165) is 37.7 Å². The molecule has 5 atom stereocenters. The summed E-state index contributed by atoms with van der Waals surface area (Å²) in [7, 11) is 1.62. The Bertz CT molecular complexity index is 984. The van der Waals surface area contributed by atoms with Crippen molar-refractivity contribution >= 4 is 5.78 Å². The Kier molecular flexibility index (Phi) is 4.48. The lowest BCUT2D eigenvalue weighted by atomic mass is 9.52. The second-order valence-corrected chi connectivity index (χ2v) is 9.65. The molecule has 30 heavy (non-hydrogen) atoms. The topological polar surface area (TPSA) is 66.8 Å². The van der Waals surface area contributed by atoms with Gasteiger partial charge in [-0.15, -0.1) is 0 Å². The second kappa shape index (κ2) is 6.84. The number of phenols is 1. The lowest BCUT2D eigenvalue weighted by molar-refractivity contribution is -0.0773. The monoisotopic (exact) mass is 406 g/mol. The van der Waals surface area contributed by atoms with Crippen LogP contribution in [0.4, 0.5) is 0 Å². The number of Topliss-reactive ketones (excluding diaryl/α,β-unsaturated/α-hetero) is 1. The molecule has 0 saturated heterocycles. The van der Waals surface area contributed by atoms with Gasteiger partial charge in [0.1, 0.15) is 5.60 Å². The number of phenolic OH excluding ortho intramolecular Hbond substituents is 1. The van der Waals surface area contributed by atoms with Gasteiger partial charge in [-0.25, -0.2) is 0 Å². The normalized spacial score (nSPS) is 34.6. The Morgan fingerprint density at radius 1 is 1.07 bits per heavy atom. The highest BCUT2D eigenvalue weighted by Gasteiger charge is 2.64. The molecule has 3 aliphatic rings. The molecule has 2 saturated carbocycles. The van der Waals surface area contributed by atoms with Crippen LogP contribution >= 0.6 is 0 Å². The van der Waals surface area contributed by atoms with Gasteiger partial charge in [-0.2, -0.15) is 0 Å². The fraction of sp³-hybridized carbons (Fsp3) is 0.500. The van der Waals surface area contributed by atoms with E-state index in [1.165, 1.54) is 5.56 Å². The molecule has 0 aromatic heterocycles. The zero-order valence-corrected chi connectivity index (χ0v) is 17.7. The largest absolute Gasteiger partial charge is 0.504 e. The van der Waals surface area contributed by atoms with Crippen LogP contribution < -0.4 is 4.74 Å². The zero-order chi connectivity index (χ0) is 21.1. The number of fused-ring (bicyclic) bond motifs is 5. The van der Waals surface area contributed by atoms with Crippen molar-refractivity contribution in [1.82, 2.24) is 0 Å². The minimum Gasteiger partial charge on any atom is -0.504 e. The van der Waals surface area contributed by atoms with Crippen molar-refractivity contribution in [2.75, 3.05) is 7.11 Å². The van der Waals surface area contributed by atoms with Gasteiger partial charge in [0.05, 0.1) is 7.11 Å². The first kappa shape index (κ1) is 19.6. The predicted octanol–water partition coefficient (Wildman–Crippen LogP) is 4.87. The summed E-state index contributed by atoms with van der Waals surface area (Å²) in [5, 5.41) is 22.0. The van der Waals surface area contributed by atoms with Gasteiger partial charge in [0.25, 0.3) is 0 Å². The van der Waals surface area contributed by atoms with Crippen molar-refractivity contribution < 1.29 is 19.7 Å². The highest BCUT2D eigenvalue weighted by molar-refractivity contribution is 6.03. The van der Waals surface area contributed by atoms with E-state index in [2.05, 4.69) is 13.0 Å². The van der Waals surface area contributed by atoms with Crippen molar-refractivity contribution in [3.63, 3.8) is 0 Å². The van der Waals surface area contributed by atoms with Gasteiger partial charge in [-0.05, 0) is 67.9 Å². The number of aromatic hydroxyl groups is 1. The molecule has 3 aliphatic carbocycles. The molecule has 0 spiro atoms. The third kappa shape index (κ3) is 2.52. The number of hydrogen-bond donors (Lipinski definition) is 2. The van der Waals surface area contributed by atoms with E-state index in [0.29, 0.717) is 35.5 Å². The van der Waals surface area contributed by atoms with Crippen molar-refractivity contribution in [1.29, 1.82) is 0 Å². The molecule has 158 valence electrons. The van der Waals surface area contributed by atoms with E-state index in [1.807, 2.05) is 30.3 Å². The Morgan fingerprint density at radius 3 is 2.57 bits per heavy atom. The fourth-order valence-electron chi connectivity index (χ4n) is 7.07. The first-order valence-electron chi connectivity index (χ1n) is 11.1. The van der Waals surface area contributed by atoms with Gasteiger partial charge in [-0.1, -0.05) is 43.3 Å². The number of carbonyl (C=O) groups is 1. The molecule has 0 bridgehead atoms. The first-order chi connectivity index (χ1) is 14.4. The Balaban J connectivity index is 1.50. The lowest BCUT2D eigenvalue weighted by Gasteiger charge is -2.52. The number of methoxy groups -OCH3 is 1. The SMILES string of the molecule is COc1c(O)ccc2c1CC[C@@H]1[C@@H]2CC[C@@]2(C)[C@H]1CC[C@]2(O)C(=O)c1ccccc1. The van der Waals surface area contributed by atoms with Crippen LogP contribution in [-0.2, 0) is 6.42 Å². The van der Waals surface area contributed by atoms with Crippen LogP contribution in [0, 0.1) is 17.3 Å². The summed E-state index contributed by atoms with van der Waals surface area (Å²) in [5.74, 6) is 1.87. The highest BCUT2D eigenvalue weighted by Crippen LogP contribution is 2.65. The quantitative estimate of drug-likeness (QED) is 0.714. The maximum atomic E-state index is 13.4. The van der Waals surface area contributed by atoms with Crippen molar-refractivity contribution in [3.8, 4) is 11.5 Å². The van der Waals surface area contributed by atoms with E-state index in [4.69, 9.17) is 4.74 Å². The maximum Gasteiger partial charge on any atom is 0.194 e. The molecule has 4 heteroatoms. The van der Waals surface area contributed by atoms with Crippen molar-refractivity contribution in [3.05, 3.63) is 59.2 Å². The highest BCUT2D eigenvalue weighted by atomic mass is 16.5. The van der Waals surface area contributed by atoms with E-state index in [1.54, 1.807) is 13.2 Å². The molecule has 0 unspecified atom stereocenters. The number of rotatable bonds is 3. The molecular weight excluding hydrogens is 376 g/mol. The average molecular weight is 407 g/mol. The summed E-state index contributed by atoms with van der Waals surface area (Å²) in [5.41, 5.74) is 1.33. The zero-order valence-electron chi connectivity index (χ0n) is 17.7. The van der Waals surface area contributed by atoms with E-state index < -0.39 is 11.0 Å². The van der Waals surface area contributed by atoms with Gasteiger partial charge in [0.2, 0.25) is 0 Å². The molecule has 5 rings (SSSR count). The van der Waals surface area contributed by atoms with E-state index >= 15 is 0 Å². The number of carbonyl (C=O) groups excluding carboxylic acids is 1. The predicted molar refractivity (Wildman–Crippen MR) is 115 cm³/mol. The standard InChI is InChI=1S/C26H30O4/c1-25-14-12-18-17-10-11-22(27)23(30-2)20(17)9-8-19(18)21(25)13-15-26(25,29)24(28)16-6-4-3-5-7-16/h3-7,10-11,18-19,21,27,29H,8-9,12-15H2,1-2H3/t18-,19-,21+,25+,26+/m1/s1. The molecule has 4 nitrogen and oxygen atoms in total. The number of ketones is 1. The van der Waals surface area contributed by atoms with Crippen LogP contribution in [0.1, 0.15) is 66.4 Å². The molecule has 0 aliphatic heterocycles. The van der Waals surface area contributed by atoms with Gasteiger partial charge >= 0.3 is 0 Å². The molecule has 0 amide bonds.